The second kappa shape index (κ2) is 4.50. The highest BCUT2D eigenvalue weighted by Crippen LogP contribution is 2.25. The molecular formula is C15H16O. The van der Waals surface area contributed by atoms with Crippen molar-refractivity contribution in [1.29, 1.82) is 0 Å². The monoisotopic (exact) mass is 212 g/mol. The lowest BCUT2D eigenvalue weighted by Crippen LogP contribution is -1.87. The number of aliphatic hydroxyl groups is 1. The summed E-state index contributed by atoms with van der Waals surface area (Å²) >= 11 is 0. The van der Waals surface area contributed by atoms with Crippen LogP contribution in [0.4, 0.5) is 0 Å². The minimum absolute atomic E-state index is 0.0959. The van der Waals surface area contributed by atoms with Crippen molar-refractivity contribution < 1.29 is 5.11 Å². The fourth-order valence-corrected chi connectivity index (χ4v) is 1.88. The lowest BCUT2D eigenvalue weighted by Gasteiger charge is -2.08. The molecule has 82 valence electrons. The van der Waals surface area contributed by atoms with Crippen molar-refractivity contribution in [3.63, 3.8) is 0 Å². The highest BCUT2D eigenvalue weighted by Gasteiger charge is 2.02. The normalized spacial score (nSPS) is 10.4. The fraction of sp³-hybridized carbons (Fsp3) is 0.200. The van der Waals surface area contributed by atoms with Crippen LogP contribution in [0.25, 0.3) is 11.1 Å². The number of benzene rings is 2. The van der Waals surface area contributed by atoms with Crippen LogP contribution >= 0.6 is 0 Å². The minimum Gasteiger partial charge on any atom is -0.392 e. The highest BCUT2D eigenvalue weighted by atomic mass is 16.3. The van der Waals surface area contributed by atoms with Crippen molar-refractivity contribution in [3.8, 4) is 11.1 Å². The molecule has 0 radical (unpaired) electrons. The zero-order valence-corrected chi connectivity index (χ0v) is 9.70. The molecule has 0 fully saturated rings. The molecule has 16 heavy (non-hydrogen) atoms. The van der Waals surface area contributed by atoms with Gasteiger partial charge in [0.1, 0.15) is 0 Å². The topological polar surface area (TPSA) is 20.2 Å². The Bertz CT molecular complexity index is 501. The zero-order valence-electron chi connectivity index (χ0n) is 9.70. The van der Waals surface area contributed by atoms with Crippen LogP contribution in [0.3, 0.4) is 0 Å². The quantitative estimate of drug-likeness (QED) is 0.808. The molecule has 0 spiro atoms. The lowest BCUT2D eigenvalue weighted by atomic mass is 9.97. The van der Waals surface area contributed by atoms with E-state index in [2.05, 4.69) is 38.1 Å². The van der Waals surface area contributed by atoms with E-state index in [0.717, 1.165) is 5.56 Å². The summed E-state index contributed by atoms with van der Waals surface area (Å²) in [5.74, 6) is 0. The number of hydrogen-bond donors (Lipinski definition) is 1. The van der Waals surface area contributed by atoms with E-state index in [4.69, 9.17) is 5.11 Å². The second-order valence-electron chi connectivity index (χ2n) is 4.18. The molecule has 2 aromatic carbocycles. The van der Waals surface area contributed by atoms with E-state index in [1.807, 2.05) is 18.2 Å². The number of rotatable bonds is 2. The Morgan fingerprint density at radius 2 is 1.81 bits per heavy atom. The number of hydrogen-bond acceptors (Lipinski definition) is 1. The molecule has 0 amide bonds. The number of aliphatic hydroxyl groups excluding tert-OH is 1. The summed E-state index contributed by atoms with van der Waals surface area (Å²) in [7, 11) is 0. The average molecular weight is 212 g/mol. The maximum Gasteiger partial charge on any atom is 0.0682 e. The highest BCUT2D eigenvalue weighted by molar-refractivity contribution is 5.68. The third kappa shape index (κ3) is 2.15. The van der Waals surface area contributed by atoms with Gasteiger partial charge in [-0.3, -0.25) is 0 Å². The van der Waals surface area contributed by atoms with Crippen LogP contribution in [0.2, 0.25) is 0 Å². The lowest BCUT2D eigenvalue weighted by molar-refractivity contribution is 0.282. The van der Waals surface area contributed by atoms with Crippen LogP contribution < -0.4 is 0 Å². The number of aryl methyl sites for hydroxylation is 2. The van der Waals surface area contributed by atoms with Crippen LogP contribution in [0.15, 0.2) is 42.5 Å². The predicted octanol–water partition coefficient (Wildman–Crippen LogP) is 3.46. The Hall–Kier alpha value is -1.60. The first-order valence-corrected chi connectivity index (χ1v) is 5.48. The van der Waals surface area contributed by atoms with Crippen molar-refractivity contribution in [2.24, 2.45) is 0 Å². The van der Waals surface area contributed by atoms with Gasteiger partial charge in [0.15, 0.2) is 0 Å². The Morgan fingerprint density at radius 1 is 1.00 bits per heavy atom. The molecule has 0 heterocycles. The maximum atomic E-state index is 9.13. The van der Waals surface area contributed by atoms with Crippen LogP contribution in [-0.4, -0.2) is 5.11 Å². The average Bonchev–Trinajstić information content (AvgIpc) is 2.32. The van der Waals surface area contributed by atoms with Crippen molar-refractivity contribution >= 4 is 0 Å². The summed E-state index contributed by atoms with van der Waals surface area (Å²) in [6, 6.07) is 14.5. The van der Waals surface area contributed by atoms with Crippen LogP contribution in [-0.2, 0) is 6.61 Å². The first kappa shape index (κ1) is 10.9. The van der Waals surface area contributed by atoms with Gasteiger partial charge in [0.05, 0.1) is 6.61 Å². The standard InChI is InChI=1S/C15H16O/c1-11-6-7-12(2)15(8-11)14-5-3-4-13(9-14)10-16/h3-9,16H,10H2,1-2H3. The molecule has 2 aromatic rings. The van der Waals surface area contributed by atoms with E-state index in [1.165, 1.54) is 22.3 Å². The summed E-state index contributed by atoms with van der Waals surface area (Å²) in [5.41, 5.74) is 5.90. The van der Waals surface area contributed by atoms with Gasteiger partial charge in [0.2, 0.25) is 0 Å². The van der Waals surface area contributed by atoms with Gasteiger partial charge in [0, 0.05) is 0 Å². The van der Waals surface area contributed by atoms with Crippen molar-refractivity contribution in [2.75, 3.05) is 0 Å². The zero-order chi connectivity index (χ0) is 11.5. The minimum atomic E-state index is 0.0959. The molecule has 0 aliphatic heterocycles. The third-order valence-corrected chi connectivity index (χ3v) is 2.81. The second-order valence-corrected chi connectivity index (χ2v) is 4.18. The van der Waals surface area contributed by atoms with Crippen LogP contribution in [0.1, 0.15) is 16.7 Å². The summed E-state index contributed by atoms with van der Waals surface area (Å²) in [6.07, 6.45) is 0. The first-order chi connectivity index (χ1) is 7.70. The molecule has 0 atom stereocenters. The van der Waals surface area contributed by atoms with Gasteiger partial charge in [0.25, 0.3) is 0 Å². The molecule has 2 rings (SSSR count). The van der Waals surface area contributed by atoms with E-state index < -0.39 is 0 Å². The molecule has 0 bridgehead atoms. The van der Waals surface area contributed by atoms with Gasteiger partial charge in [-0.2, -0.15) is 0 Å². The molecule has 0 saturated carbocycles. The molecule has 0 aliphatic carbocycles. The largest absolute Gasteiger partial charge is 0.392 e. The molecule has 0 aromatic heterocycles. The Morgan fingerprint density at radius 3 is 2.56 bits per heavy atom. The SMILES string of the molecule is Cc1ccc(C)c(-c2cccc(CO)c2)c1. The summed E-state index contributed by atoms with van der Waals surface area (Å²) in [6.45, 7) is 4.30. The van der Waals surface area contributed by atoms with Gasteiger partial charge in [-0.05, 0) is 42.2 Å². The van der Waals surface area contributed by atoms with Crippen LogP contribution in [0, 0.1) is 13.8 Å². The van der Waals surface area contributed by atoms with Gasteiger partial charge in [-0.15, -0.1) is 0 Å². The summed E-state index contributed by atoms with van der Waals surface area (Å²) in [4.78, 5) is 0. The Kier molecular flexibility index (Phi) is 3.07. The van der Waals surface area contributed by atoms with Crippen molar-refractivity contribution in [3.05, 3.63) is 59.2 Å². The molecule has 1 heteroatoms. The van der Waals surface area contributed by atoms with Crippen LogP contribution in [0.5, 0.6) is 0 Å². The van der Waals surface area contributed by atoms with Gasteiger partial charge >= 0.3 is 0 Å². The maximum absolute atomic E-state index is 9.13. The molecule has 1 N–H and O–H groups in total. The van der Waals surface area contributed by atoms with E-state index >= 15 is 0 Å². The molecular weight excluding hydrogens is 196 g/mol. The van der Waals surface area contributed by atoms with E-state index in [9.17, 15) is 0 Å². The molecule has 0 saturated heterocycles. The van der Waals surface area contributed by atoms with Gasteiger partial charge in [-0.1, -0.05) is 42.0 Å². The van der Waals surface area contributed by atoms with E-state index in [0.29, 0.717) is 0 Å². The van der Waals surface area contributed by atoms with Crippen molar-refractivity contribution in [2.45, 2.75) is 20.5 Å². The van der Waals surface area contributed by atoms with Gasteiger partial charge in [-0.25, -0.2) is 0 Å². The van der Waals surface area contributed by atoms with Gasteiger partial charge < -0.3 is 5.11 Å². The van der Waals surface area contributed by atoms with E-state index in [-0.39, 0.29) is 6.61 Å². The smallest absolute Gasteiger partial charge is 0.0682 e. The van der Waals surface area contributed by atoms with Crippen molar-refractivity contribution in [1.82, 2.24) is 0 Å². The van der Waals surface area contributed by atoms with E-state index in [1.54, 1.807) is 0 Å². The molecule has 0 aliphatic rings. The first-order valence-electron chi connectivity index (χ1n) is 5.48. The third-order valence-electron chi connectivity index (χ3n) is 2.81. The predicted molar refractivity (Wildman–Crippen MR) is 67.3 cm³/mol. The fourth-order valence-electron chi connectivity index (χ4n) is 1.88. The molecule has 0 unspecified atom stereocenters. The summed E-state index contributed by atoms with van der Waals surface area (Å²) < 4.78 is 0. The molecule has 1 nitrogen and oxygen atoms in total. The Balaban J connectivity index is 2.53. The summed E-state index contributed by atoms with van der Waals surface area (Å²) in [5, 5.41) is 9.13. The Labute approximate surface area is 96.4 Å².